The van der Waals surface area contributed by atoms with Gasteiger partial charge in [-0.15, -0.1) is 0 Å². The molecular formula is C13H12F4N4. The summed E-state index contributed by atoms with van der Waals surface area (Å²) in [6, 6.07) is 3.42. The molecule has 112 valence electrons. The van der Waals surface area contributed by atoms with Crippen LogP contribution >= 0.6 is 0 Å². The maximum absolute atomic E-state index is 13.6. The van der Waals surface area contributed by atoms with Gasteiger partial charge in [0, 0.05) is 12.5 Å². The third kappa shape index (κ3) is 3.59. The number of anilines is 3. The van der Waals surface area contributed by atoms with Gasteiger partial charge in [-0.3, -0.25) is 0 Å². The maximum Gasteiger partial charge on any atom is 0.416 e. The number of nitrogens with one attached hydrogen (secondary N) is 1. The molecule has 0 aliphatic rings. The molecule has 3 N–H and O–H groups in total. The van der Waals surface area contributed by atoms with E-state index < -0.39 is 17.6 Å². The van der Waals surface area contributed by atoms with Crippen molar-refractivity contribution in [2.45, 2.75) is 19.5 Å². The van der Waals surface area contributed by atoms with E-state index in [9.17, 15) is 17.6 Å². The van der Waals surface area contributed by atoms with Crippen molar-refractivity contribution in [2.24, 2.45) is 0 Å². The summed E-state index contributed by atoms with van der Waals surface area (Å²) in [5.41, 5.74) is 4.28. The Labute approximate surface area is 118 Å². The van der Waals surface area contributed by atoms with Crippen LogP contribution in [0.15, 0.2) is 24.3 Å². The highest BCUT2D eigenvalue weighted by atomic mass is 19.4. The Balaban J connectivity index is 2.37. The van der Waals surface area contributed by atoms with Crippen molar-refractivity contribution in [1.29, 1.82) is 0 Å². The number of rotatable bonds is 3. The van der Waals surface area contributed by atoms with E-state index >= 15 is 0 Å². The molecule has 8 heteroatoms. The predicted octanol–water partition coefficient (Wildman–Crippen LogP) is 3.52. The second-order valence-corrected chi connectivity index (χ2v) is 4.27. The van der Waals surface area contributed by atoms with Gasteiger partial charge < -0.3 is 11.1 Å². The van der Waals surface area contributed by atoms with Crippen LogP contribution in [0.5, 0.6) is 0 Å². The zero-order valence-electron chi connectivity index (χ0n) is 11.0. The van der Waals surface area contributed by atoms with Crippen LogP contribution in [0.4, 0.5) is 34.9 Å². The van der Waals surface area contributed by atoms with Crippen LogP contribution in [-0.4, -0.2) is 9.97 Å². The Morgan fingerprint density at radius 3 is 2.52 bits per heavy atom. The molecular weight excluding hydrogens is 288 g/mol. The second-order valence-electron chi connectivity index (χ2n) is 4.27. The largest absolute Gasteiger partial charge is 0.416 e. The molecule has 0 aliphatic heterocycles. The minimum absolute atomic E-state index is 0.137. The van der Waals surface area contributed by atoms with Crippen molar-refractivity contribution in [3.05, 3.63) is 41.5 Å². The second kappa shape index (κ2) is 5.55. The standard InChI is InChI=1S/C13H12F4N4/c1-2-11-20-10(18)6-12(21-11)19-9-5-7(13(15,16)17)3-4-8(9)14/h3-6H,2H2,1H3,(H3,18,19,20,21). The number of aryl methyl sites for hydroxylation is 1. The number of nitrogens with zero attached hydrogens (tertiary/aromatic N) is 2. The highest BCUT2D eigenvalue weighted by molar-refractivity contribution is 5.60. The van der Waals surface area contributed by atoms with Gasteiger partial charge in [-0.25, -0.2) is 14.4 Å². The first-order chi connectivity index (χ1) is 9.79. The molecule has 0 fully saturated rings. The average Bonchev–Trinajstić information content (AvgIpc) is 2.39. The summed E-state index contributed by atoms with van der Waals surface area (Å²) >= 11 is 0. The van der Waals surface area contributed by atoms with E-state index in [1.165, 1.54) is 6.07 Å². The van der Waals surface area contributed by atoms with Crippen LogP contribution in [0.1, 0.15) is 18.3 Å². The number of halogens is 4. The number of nitrogens with two attached hydrogens (primary N) is 1. The predicted molar refractivity (Wildman–Crippen MR) is 70.5 cm³/mol. The minimum Gasteiger partial charge on any atom is -0.384 e. The summed E-state index contributed by atoms with van der Waals surface area (Å²) < 4.78 is 51.5. The Morgan fingerprint density at radius 1 is 1.19 bits per heavy atom. The zero-order valence-corrected chi connectivity index (χ0v) is 11.0. The molecule has 0 bridgehead atoms. The van der Waals surface area contributed by atoms with Gasteiger partial charge in [0.25, 0.3) is 0 Å². The molecule has 0 amide bonds. The fourth-order valence-corrected chi connectivity index (χ4v) is 1.68. The van der Waals surface area contributed by atoms with Gasteiger partial charge in [0.05, 0.1) is 11.3 Å². The molecule has 0 saturated heterocycles. The Hall–Kier alpha value is -2.38. The summed E-state index contributed by atoms with van der Waals surface area (Å²) in [5, 5.41) is 2.49. The van der Waals surface area contributed by atoms with E-state index in [-0.39, 0.29) is 17.3 Å². The zero-order chi connectivity index (χ0) is 15.6. The quantitative estimate of drug-likeness (QED) is 0.851. The third-order valence-electron chi connectivity index (χ3n) is 2.66. The van der Waals surface area contributed by atoms with Crippen LogP contribution in [0.25, 0.3) is 0 Å². The first-order valence-electron chi connectivity index (χ1n) is 6.07. The van der Waals surface area contributed by atoms with Crippen molar-refractivity contribution >= 4 is 17.3 Å². The van der Waals surface area contributed by atoms with E-state index in [0.29, 0.717) is 24.4 Å². The number of nitrogen functional groups attached to an aromatic ring is 1. The van der Waals surface area contributed by atoms with E-state index in [1.54, 1.807) is 6.92 Å². The SMILES string of the molecule is CCc1nc(N)cc(Nc2cc(C(F)(F)F)ccc2F)n1. The van der Waals surface area contributed by atoms with Crippen molar-refractivity contribution in [3.8, 4) is 0 Å². The molecule has 0 saturated carbocycles. The van der Waals surface area contributed by atoms with Gasteiger partial charge >= 0.3 is 6.18 Å². The summed E-state index contributed by atoms with van der Waals surface area (Å²) in [6.45, 7) is 1.80. The fraction of sp³-hybridized carbons (Fsp3) is 0.231. The lowest BCUT2D eigenvalue weighted by atomic mass is 10.2. The van der Waals surface area contributed by atoms with Crippen LogP contribution < -0.4 is 11.1 Å². The monoisotopic (exact) mass is 300 g/mol. The van der Waals surface area contributed by atoms with Crippen LogP contribution in [-0.2, 0) is 12.6 Å². The smallest absolute Gasteiger partial charge is 0.384 e. The Kier molecular flexibility index (Phi) is 3.97. The van der Waals surface area contributed by atoms with Gasteiger partial charge in [0.15, 0.2) is 0 Å². The molecule has 4 nitrogen and oxygen atoms in total. The lowest BCUT2D eigenvalue weighted by molar-refractivity contribution is -0.137. The maximum atomic E-state index is 13.6. The first-order valence-corrected chi connectivity index (χ1v) is 6.07. The fourth-order valence-electron chi connectivity index (χ4n) is 1.68. The number of hydrogen-bond donors (Lipinski definition) is 2. The van der Waals surface area contributed by atoms with Crippen LogP contribution in [0.2, 0.25) is 0 Å². The van der Waals surface area contributed by atoms with Crippen molar-refractivity contribution in [3.63, 3.8) is 0 Å². The lowest BCUT2D eigenvalue weighted by Gasteiger charge is -2.12. The number of aromatic nitrogens is 2. The molecule has 0 spiro atoms. The number of hydrogen-bond acceptors (Lipinski definition) is 4. The van der Waals surface area contributed by atoms with Crippen LogP contribution in [0.3, 0.4) is 0 Å². The van der Waals surface area contributed by atoms with Gasteiger partial charge in [0.2, 0.25) is 0 Å². The van der Waals surface area contributed by atoms with Crippen molar-refractivity contribution in [2.75, 3.05) is 11.1 Å². The summed E-state index contributed by atoms with van der Waals surface area (Å²) in [4.78, 5) is 7.96. The van der Waals surface area contributed by atoms with E-state index in [4.69, 9.17) is 5.73 Å². The molecule has 0 unspecified atom stereocenters. The minimum atomic E-state index is -4.55. The molecule has 1 aromatic heterocycles. The van der Waals surface area contributed by atoms with E-state index in [0.717, 1.165) is 6.07 Å². The lowest BCUT2D eigenvalue weighted by Crippen LogP contribution is -2.07. The van der Waals surface area contributed by atoms with Crippen LogP contribution in [0, 0.1) is 5.82 Å². The average molecular weight is 300 g/mol. The molecule has 0 radical (unpaired) electrons. The molecule has 1 aromatic carbocycles. The highest BCUT2D eigenvalue weighted by Gasteiger charge is 2.31. The van der Waals surface area contributed by atoms with Gasteiger partial charge in [0.1, 0.15) is 23.3 Å². The third-order valence-corrected chi connectivity index (χ3v) is 2.66. The van der Waals surface area contributed by atoms with Gasteiger partial charge in [-0.2, -0.15) is 13.2 Å². The molecule has 21 heavy (non-hydrogen) atoms. The summed E-state index contributed by atoms with van der Waals surface area (Å²) in [6.07, 6.45) is -4.06. The normalized spacial score (nSPS) is 11.5. The topological polar surface area (TPSA) is 63.8 Å². The molecule has 2 rings (SSSR count). The first kappa shape index (κ1) is 15.0. The molecule has 0 aliphatic carbocycles. The molecule has 0 atom stereocenters. The highest BCUT2D eigenvalue weighted by Crippen LogP contribution is 2.32. The van der Waals surface area contributed by atoms with Gasteiger partial charge in [-0.1, -0.05) is 6.92 Å². The molecule has 1 heterocycles. The van der Waals surface area contributed by atoms with Gasteiger partial charge in [-0.05, 0) is 18.2 Å². The van der Waals surface area contributed by atoms with E-state index in [1.807, 2.05) is 0 Å². The summed E-state index contributed by atoms with van der Waals surface area (Å²) in [7, 11) is 0. The number of benzene rings is 1. The number of alkyl halides is 3. The van der Waals surface area contributed by atoms with Crippen molar-refractivity contribution in [1.82, 2.24) is 9.97 Å². The molecule has 2 aromatic rings. The van der Waals surface area contributed by atoms with E-state index in [2.05, 4.69) is 15.3 Å². The van der Waals surface area contributed by atoms with Crippen molar-refractivity contribution < 1.29 is 17.6 Å². The Morgan fingerprint density at radius 2 is 1.90 bits per heavy atom. The Bertz CT molecular complexity index is 655. The summed E-state index contributed by atoms with van der Waals surface area (Å²) in [5.74, 6) is -0.127.